The summed E-state index contributed by atoms with van der Waals surface area (Å²) < 4.78 is 5.07. The lowest BCUT2D eigenvalue weighted by Gasteiger charge is -2.21. The highest BCUT2D eigenvalue weighted by Crippen LogP contribution is 2.04. The van der Waals surface area contributed by atoms with Crippen molar-refractivity contribution in [2.75, 3.05) is 7.11 Å². The molecule has 0 radical (unpaired) electrons. The van der Waals surface area contributed by atoms with Gasteiger partial charge in [0.2, 0.25) is 5.91 Å². The van der Waals surface area contributed by atoms with Crippen molar-refractivity contribution in [3.05, 3.63) is 0 Å². The topological polar surface area (TPSA) is 64.3 Å². The van der Waals surface area contributed by atoms with Crippen LogP contribution in [0.5, 0.6) is 0 Å². The highest BCUT2D eigenvalue weighted by atomic mass is 32.1. The standard InChI is InChI=1S/C11H22N2O2S/c1-7(2)10(11(12)16)13-9(14)6-5-8(3)15-4/h7-8,10H,5-6H2,1-4H3,(H2,12,16)(H,13,14). The summed E-state index contributed by atoms with van der Waals surface area (Å²) in [5.41, 5.74) is 5.56. The van der Waals surface area contributed by atoms with Gasteiger partial charge >= 0.3 is 0 Å². The minimum Gasteiger partial charge on any atom is -0.392 e. The van der Waals surface area contributed by atoms with Crippen molar-refractivity contribution in [2.45, 2.75) is 45.8 Å². The quantitative estimate of drug-likeness (QED) is 0.663. The Balaban J connectivity index is 4.06. The van der Waals surface area contributed by atoms with E-state index in [0.29, 0.717) is 17.8 Å². The third-order valence-corrected chi connectivity index (χ3v) is 2.72. The molecule has 3 N–H and O–H groups in total. The Kier molecular flexibility index (Phi) is 7.25. The summed E-state index contributed by atoms with van der Waals surface area (Å²) in [6.07, 6.45) is 1.22. The van der Waals surface area contributed by atoms with Crippen LogP contribution in [0.1, 0.15) is 33.6 Å². The summed E-state index contributed by atoms with van der Waals surface area (Å²) in [6, 6.07) is -0.222. The molecule has 0 aliphatic rings. The Morgan fingerprint density at radius 2 is 2.00 bits per heavy atom. The predicted octanol–water partition coefficient (Wildman–Crippen LogP) is 1.23. The summed E-state index contributed by atoms with van der Waals surface area (Å²) in [4.78, 5) is 11.9. The maximum atomic E-state index is 11.6. The molecule has 0 aromatic heterocycles. The third-order valence-electron chi connectivity index (χ3n) is 2.47. The van der Waals surface area contributed by atoms with Crippen LogP contribution >= 0.6 is 12.2 Å². The van der Waals surface area contributed by atoms with Crippen molar-refractivity contribution in [1.29, 1.82) is 0 Å². The number of carbonyl (C=O) groups excluding carboxylic acids is 1. The van der Waals surface area contributed by atoms with Gasteiger partial charge in [0.1, 0.15) is 0 Å². The third kappa shape index (κ3) is 6.02. The van der Waals surface area contributed by atoms with Gasteiger partial charge in [-0.2, -0.15) is 0 Å². The lowest BCUT2D eigenvalue weighted by molar-refractivity contribution is -0.122. The molecule has 0 aliphatic carbocycles. The van der Waals surface area contributed by atoms with Crippen molar-refractivity contribution in [3.63, 3.8) is 0 Å². The number of hydrogen-bond acceptors (Lipinski definition) is 3. The lowest BCUT2D eigenvalue weighted by atomic mass is 10.0. The molecule has 2 atom stereocenters. The van der Waals surface area contributed by atoms with Gasteiger partial charge in [-0.1, -0.05) is 26.1 Å². The normalized spacial score (nSPS) is 14.6. The molecular weight excluding hydrogens is 224 g/mol. The Bertz CT molecular complexity index is 244. The van der Waals surface area contributed by atoms with Crippen molar-refractivity contribution in [1.82, 2.24) is 5.32 Å². The minimum atomic E-state index is -0.222. The van der Waals surface area contributed by atoms with Crippen LogP contribution in [0.2, 0.25) is 0 Å². The molecule has 0 heterocycles. The predicted molar refractivity (Wildman–Crippen MR) is 69.3 cm³/mol. The molecule has 0 saturated heterocycles. The van der Waals surface area contributed by atoms with E-state index in [1.807, 2.05) is 20.8 Å². The molecule has 0 saturated carbocycles. The number of nitrogens with two attached hydrogens (primary N) is 1. The van der Waals surface area contributed by atoms with Crippen LogP contribution in [0.3, 0.4) is 0 Å². The SMILES string of the molecule is COC(C)CCC(=O)NC(C(N)=S)C(C)C. The molecule has 0 rings (SSSR count). The summed E-state index contributed by atoms with van der Waals surface area (Å²) in [6.45, 7) is 5.88. The summed E-state index contributed by atoms with van der Waals surface area (Å²) >= 11 is 4.91. The number of amides is 1. The number of hydrogen-bond donors (Lipinski definition) is 2. The zero-order valence-corrected chi connectivity index (χ0v) is 11.3. The number of nitrogens with one attached hydrogen (secondary N) is 1. The highest BCUT2D eigenvalue weighted by molar-refractivity contribution is 7.80. The average Bonchev–Trinajstić information content (AvgIpc) is 2.21. The molecule has 16 heavy (non-hydrogen) atoms. The summed E-state index contributed by atoms with van der Waals surface area (Å²) in [7, 11) is 1.63. The first kappa shape index (κ1) is 15.3. The first-order valence-electron chi connectivity index (χ1n) is 5.50. The molecule has 0 aromatic rings. The van der Waals surface area contributed by atoms with Gasteiger partial charge in [0, 0.05) is 13.5 Å². The first-order valence-corrected chi connectivity index (χ1v) is 5.90. The molecule has 1 amide bonds. The van der Waals surface area contributed by atoms with Gasteiger partial charge in [-0.05, 0) is 19.3 Å². The molecule has 4 nitrogen and oxygen atoms in total. The summed E-state index contributed by atoms with van der Waals surface area (Å²) in [5.74, 6) is 0.177. The molecular formula is C11H22N2O2S. The van der Waals surface area contributed by atoms with E-state index >= 15 is 0 Å². The van der Waals surface area contributed by atoms with Crippen molar-refractivity contribution >= 4 is 23.1 Å². The van der Waals surface area contributed by atoms with Gasteiger partial charge in [0.05, 0.1) is 17.1 Å². The number of thiocarbonyl (C=S) groups is 1. The van der Waals surface area contributed by atoms with Gasteiger partial charge in [0.15, 0.2) is 0 Å². The average molecular weight is 246 g/mol. The second kappa shape index (κ2) is 7.57. The second-order valence-electron chi connectivity index (χ2n) is 4.28. The van der Waals surface area contributed by atoms with Crippen molar-refractivity contribution in [3.8, 4) is 0 Å². The first-order chi connectivity index (χ1) is 7.38. The van der Waals surface area contributed by atoms with E-state index in [1.54, 1.807) is 7.11 Å². The van der Waals surface area contributed by atoms with E-state index in [9.17, 15) is 4.79 Å². The van der Waals surface area contributed by atoms with Crippen LogP contribution in [0, 0.1) is 5.92 Å². The molecule has 2 unspecified atom stereocenters. The molecule has 0 bridgehead atoms. The number of rotatable bonds is 7. The molecule has 0 aromatic carbocycles. The fraction of sp³-hybridized carbons (Fsp3) is 0.818. The van der Waals surface area contributed by atoms with E-state index < -0.39 is 0 Å². The monoisotopic (exact) mass is 246 g/mol. The van der Waals surface area contributed by atoms with E-state index in [0.717, 1.165) is 0 Å². The second-order valence-corrected chi connectivity index (χ2v) is 4.75. The van der Waals surface area contributed by atoms with Crippen LogP contribution < -0.4 is 11.1 Å². The van der Waals surface area contributed by atoms with Crippen LogP contribution in [-0.2, 0) is 9.53 Å². The summed E-state index contributed by atoms with van der Waals surface area (Å²) in [5, 5.41) is 2.83. The van der Waals surface area contributed by atoms with Gasteiger partial charge in [-0.25, -0.2) is 0 Å². The van der Waals surface area contributed by atoms with Crippen LogP contribution in [0.15, 0.2) is 0 Å². The molecule has 0 fully saturated rings. The smallest absolute Gasteiger partial charge is 0.220 e. The number of ether oxygens (including phenoxy) is 1. The minimum absolute atomic E-state index is 0.0320. The molecule has 94 valence electrons. The molecule has 5 heteroatoms. The van der Waals surface area contributed by atoms with E-state index in [2.05, 4.69) is 5.32 Å². The maximum absolute atomic E-state index is 11.6. The highest BCUT2D eigenvalue weighted by Gasteiger charge is 2.18. The zero-order chi connectivity index (χ0) is 12.7. The van der Waals surface area contributed by atoms with Crippen molar-refractivity contribution < 1.29 is 9.53 Å². The lowest BCUT2D eigenvalue weighted by Crippen LogP contribution is -2.46. The number of carbonyl (C=O) groups is 1. The zero-order valence-electron chi connectivity index (χ0n) is 10.4. The van der Waals surface area contributed by atoms with Gasteiger partial charge < -0.3 is 15.8 Å². The maximum Gasteiger partial charge on any atom is 0.220 e. The van der Waals surface area contributed by atoms with Crippen LogP contribution in [0.4, 0.5) is 0 Å². The Hall–Kier alpha value is -0.680. The van der Waals surface area contributed by atoms with Crippen LogP contribution in [0.25, 0.3) is 0 Å². The molecule has 0 aliphatic heterocycles. The van der Waals surface area contributed by atoms with E-state index in [4.69, 9.17) is 22.7 Å². The fourth-order valence-corrected chi connectivity index (χ4v) is 1.60. The largest absolute Gasteiger partial charge is 0.392 e. The molecule has 0 spiro atoms. The van der Waals surface area contributed by atoms with Gasteiger partial charge in [0.25, 0.3) is 0 Å². The Morgan fingerprint density at radius 1 is 1.44 bits per heavy atom. The number of methoxy groups -OCH3 is 1. The van der Waals surface area contributed by atoms with Crippen molar-refractivity contribution in [2.24, 2.45) is 11.7 Å². The van der Waals surface area contributed by atoms with E-state index in [-0.39, 0.29) is 24.0 Å². The fourth-order valence-electron chi connectivity index (χ4n) is 1.26. The Labute approximate surface area is 103 Å². The van der Waals surface area contributed by atoms with E-state index in [1.165, 1.54) is 0 Å². The van der Waals surface area contributed by atoms with Gasteiger partial charge in [-0.3, -0.25) is 4.79 Å². The Morgan fingerprint density at radius 3 is 2.38 bits per heavy atom. The van der Waals surface area contributed by atoms with Gasteiger partial charge in [-0.15, -0.1) is 0 Å². The van der Waals surface area contributed by atoms with Crippen LogP contribution in [-0.4, -0.2) is 30.2 Å².